The Morgan fingerprint density at radius 1 is 1.05 bits per heavy atom. The molecule has 0 atom stereocenters. The van der Waals surface area contributed by atoms with Gasteiger partial charge in [-0.15, -0.1) is 0 Å². The van der Waals surface area contributed by atoms with E-state index in [1.54, 1.807) is 41.6 Å². The van der Waals surface area contributed by atoms with E-state index in [0.717, 1.165) is 16.9 Å². The third-order valence-corrected chi connectivity index (χ3v) is 3.56. The molecule has 0 aliphatic rings. The molecular formula is C16H12FN5. The van der Waals surface area contributed by atoms with Crippen molar-refractivity contribution in [1.29, 1.82) is 0 Å². The van der Waals surface area contributed by atoms with Gasteiger partial charge in [-0.05, 0) is 24.3 Å². The van der Waals surface area contributed by atoms with Crippen LogP contribution in [-0.4, -0.2) is 19.2 Å². The molecule has 0 amide bonds. The number of nitrogens with zero attached hydrogens (tertiary/aromatic N) is 4. The fourth-order valence-corrected chi connectivity index (χ4v) is 2.52. The lowest BCUT2D eigenvalue weighted by molar-refractivity contribution is 0.611. The molecule has 6 heteroatoms. The molecular weight excluding hydrogens is 281 g/mol. The van der Waals surface area contributed by atoms with Crippen LogP contribution in [0, 0.1) is 5.82 Å². The maximum atomic E-state index is 14.3. The number of imidazole rings is 1. The summed E-state index contributed by atoms with van der Waals surface area (Å²) in [4.78, 5) is 8.48. The highest BCUT2D eigenvalue weighted by atomic mass is 19.1. The molecule has 3 heterocycles. The predicted molar refractivity (Wildman–Crippen MR) is 82.1 cm³/mol. The molecule has 0 fully saturated rings. The van der Waals surface area contributed by atoms with E-state index in [2.05, 4.69) is 9.97 Å². The van der Waals surface area contributed by atoms with Gasteiger partial charge in [-0.1, -0.05) is 6.07 Å². The Morgan fingerprint density at radius 3 is 2.77 bits per heavy atom. The van der Waals surface area contributed by atoms with Crippen molar-refractivity contribution in [3.05, 3.63) is 67.0 Å². The number of rotatable bonds is 2. The molecule has 4 rings (SSSR count). The molecule has 1 aromatic carbocycles. The van der Waals surface area contributed by atoms with E-state index in [1.807, 2.05) is 22.7 Å². The summed E-state index contributed by atoms with van der Waals surface area (Å²) in [6.45, 7) is 0. The predicted octanol–water partition coefficient (Wildman–Crippen LogP) is 2.91. The fourth-order valence-electron chi connectivity index (χ4n) is 2.52. The number of benzene rings is 1. The second-order valence-electron chi connectivity index (χ2n) is 4.90. The van der Waals surface area contributed by atoms with Crippen molar-refractivity contribution in [3.8, 4) is 16.9 Å². The van der Waals surface area contributed by atoms with E-state index >= 15 is 0 Å². The average Bonchev–Trinajstić information content (AvgIpc) is 3.13. The molecule has 0 aliphatic carbocycles. The molecule has 2 N–H and O–H groups in total. The first-order valence-corrected chi connectivity index (χ1v) is 6.75. The minimum absolute atomic E-state index is 0.113. The highest BCUT2D eigenvalue weighted by Gasteiger charge is 2.14. The zero-order chi connectivity index (χ0) is 15.1. The Hall–Kier alpha value is -3.15. The summed E-state index contributed by atoms with van der Waals surface area (Å²) in [7, 11) is 0. The van der Waals surface area contributed by atoms with Gasteiger partial charge in [0.25, 0.3) is 0 Å². The second kappa shape index (κ2) is 4.70. The molecule has 22 heavy (non-hydrogen) atoms. The highest BCUT2D eigenvalue weighted by Crippen LogP contribution is 2.24. The summed E-state index contributed by atoms with van der Waals surface area (Å²) in [5, 5.41) is 0. The first-order valence-electron chi connectivity index (χ1n) is 6.75. The number of fused-ring (bicyclic) bond motifs is 1. The monoisotopic (exact) mass is 293 g/mol. The lowest BCUT2D eigenvalue weighted by atomic mass is 10.2. The number of pyridine rings is 1. The summed E-state index contributed by atoms with van der Waals surface area (Å²) in [5.41, 5.74) is 8.61. The van der Waals surface area contributed by atoms with Crippen LogP contribution in [0.15, 0.2) is 61.2 Å². The number of nitrogens with two attached hydrogens (primary N) is 1. The molecule has 0 bridgehead atoms. The van der Waals surface area contributed by atoms with Gasteiger partial charge in [0.15, 0.2) is 11.5 Å². The minimum atomic E-state index is -0.453. The average molecular weight is 293 g/mol. The van der Waals surface area contributed by atoms with Gasteiger partial charge in [0, 0.05) is 30.2 Å². The zero-order valence-electron chi connectivity index (χ0n) is 11.5. The Balaban J connectivity index is 2.00. The van der Waals surface area contributed by atoms with Crippen LogP contribution in [0.3, 0.4) is 0 Å². The zero-order valence-corrected chi connectivity index (χ0v) is 11.5. The van der Waals surface area contributed by atoms with Crippen LogP contribution >= 0.6 is 0 Å². The van der Waals surface area contributed by atoms with E-state index in [1.165, 1.54) is 6.07 Å². The van der Waals surface area contributed by atoms with Crippen molar-refractivity contribution in [2.45, 2.75) is 0 Å². The fraction of sp³-hybridized carbons (Fsp3) is 0. The number of hydrogen-bond donors (Lipinski definition) is 1. The van der Waals surface area contributed by atoms with Crippen LogP contribution in [0.4, 0.5) is 10.1 Å². The van der Waals surface area contributed by atoms with Crippen molar-refractivity contribution in [1.82, 2.24) is 19.2 Å². The van der Waals surface area contributed by atoms with Crippen LogP contribution in [0.2, 0.25) is 0 Å². The first kappa shape index (κ1) is 12.6. The minimum Gasteiger partial charge on any atom is -0.396 e. The van der Waals surface area contributed by atoms with Crippen LogP contribution in [-0.2, 0) is 0 Å². The molecule has 0 saturated heterocycles. The van der Waals surface area contributed by atoms with Gasteiger partial charge in [0.1, 0.15) is 5.69 Å². The van der Waals surface area contributed by atoms with Gasteiger partial charge >= 0.3 is 0 Å². The summed E-state index contributed by atoms with van der Waals surface area (Å²) in [6.07, 6.45) is 6.96. The SMILES string of the molecule is Nc1cccc(-n2ccc3ncc(-c4cccnc4)n32)c1F. The van der Waals surface area contributed by atoms with Crippen LogP contribution < -0.4 is 5.73 Å². The molecule has 0 radical (unpaired) electrons. The van der Waals surface area contributed by atoms with Gasteiger partial charge in [-0.3, -0.25) is 9.67 Å². The van der Waals surface area contributed by atoms with E-state index in [0.29, 0.717) is 5.69 Å². The topological polar surface area (TPSA) is 61.1 Å². The van der Waals surface area contributed by atoms with Gasteiger partial charge in [-0.25, -0.2) is 13.9 Å². The molecule has 0 aliphatic heterocycles. The van der Waals surface area contributed by atoms with Crippen molar-refractivity contribution in [2.75, 3.05) is 5.73 Å². The van der Waals surface area contributed by atoms with Gasteiger partial charge < -0.3 is 5.73 Å². The number of aromatic nitrogens is 4. The lowest BCUT2D eigenvalue weighted by Crippen LogP contribution is -2.06. The van der Waals surface area contributed by atoms with Crippen molar-refractivity contribution in [3.63, 3.8) is 0 Å². The molecule has 5 nitrogen and oxygen atoms in total. The maximum absolute atomic E-state index is 14.3. The molecule has 4 aromatic rings. The van der Waals surface area contributed by atoms with E-state index in [-0.39, 0.29) is 5.69 Å². The summed E-state index contributed by atoms with van der Waals surface area (Å²) in [6, 6.07) is 10.5. The van der Waals surface area contributed by atoms with Gasteiger partial charge in [0.05, 0.1) is 17.6 Å². The van der Waals surface area contributed by atoms with Gasteiger partial charge in [0.2, 0.25) is 0 Å². The van der Waals surface area contributed by atoms with E-state index in [9.17, 15) is 4.39 Å². The maximum Gasteiger partial charge on any atom is 0.171 e. The largest absolute Gasteiger partial charge is 0.396 e. The van der Waals surface area contributed by atoms with Crippen LogP contribution in [0.1, 0.15) is 0 Å². The number of halogens is 1. The number of anilines is 1. The molecule has 0 saturated carbocycles. The van der Waals surface area contributed by atoms with Crippen molar-refractivity contribution < 1.29 is 4.39 Å². The van der Waals surface area contributed by atoms with Crippen molar-refractivity contribution in [2.24, 2.45) is 0 Å². The lowest BCUT2D eigenvalue weighted by Gasteiger charge is -2.10. The highest BCUT2D eigenvalue weighted by molar-refractivity contribution is 5.63. The van der Waals surface area contributed by atoms with E-state index in [4.69, 9.17) is 5.73 Å². The molecule has 0 unspecified atom stereocenters. The van der Waals surface area contributed by atoms with Crippen LogP contribution in [0.25, 0.3) is 22.6 Å². The molecule has 108 valence electrons. The van der Waals surface area contributed by atoms with Crippen molar-refractivity contribution >= 4 is 11.3 Å². The van der Waals surface area contributed by atoms with E-state index < -0.39 is 5.82 Å². The number of nitrogen functional groups attached to an aromatic ring is 1. The summed E-state index contributed by atoms with van der Waals surface area (Å²) >= 11 is 0. The van der Waals surface area contributed by atoms with Gasteiger partial charge in [-0.2, -0.15) is 0 Å². The van der Waals surface area contributed by atoms with Crippen LogP contribution in [0.5, 0.6) is 0 Å². The standard InChI is InChI=1S/C16H12FN5/c17-16-12(18)4-1-5-13(16)21-8-6-15-20-10-14(22(15)21)11-3-2-7-19-9-11/h1-10H,18H2. The number of hydrogen-bond acceptors (Lipinski definition) is 3. The summed E-state index contributed by atoms with van der Waals surface area (Å²) in [5.74, 6) is -0.453. The Bertz CT molecular complexity index is 955. The Morgan fingerprint density at radius 2 is 1.95 bits per heavy atom. The normalized spacial score (nSPS) is 11.1. The third kappa shape index (κ3) is 1.77. The Labute approximate surface area is 125 Å². The third-order valence-electron chi connectivity index (χ3n) is 3.56. The second-order valence-corrected chi connectivity index (χ2v) is 4.90. The summed E-state index contributed by atoms with van der Waals surface area (Å²) < 4.78 is 17.9. The quantitative estimate of drug-likeness (QED) is 0.578. The molecule has 3 aromatic heterocycles. The molecule has 0 spiro atoms. The Kier molecular flexibility index (Phi) is 2.69. The smallest absolute Gasteiger partial charge is 0.171 e. The first-order chi connectivity index (χ1) is 10.8.